The molecular formula is C32H30FN2O3P. The van der Waals surface area contributed by atoms with Crippen molar-refractivity contribution in [3.8, 4) is 11.1 Å². The smallest absolute Gasteiger partial charge is 0.336 e. The molecule has 4 aromatic rings. The summed E-state index contributed by atoms with van der Waals surface area (Å²) in [5.74, 6) is -1.41. The molecule has 1 heterocycles. The van der Waals surface area contributed by atoms with Gasteiger partial charge in [-0.25, -0.2) is 9.18 Å². The van der Waals surface area contributed by atoms with Gasteiger partial charge in [-0.1, -0.05) is 42.5 Å². The number of carboxylic acids is 1. The van der Waals surface area contributed by atoms with E-state index < -0.39 is 5.97 Å². The van der Waals surface area contributed by atoms with Crippen molar-refractivity contribution < 1.29 is 19.1 Å². The lowest BCUT2D eigenvalue weighted by atomic mass is 9.96. The van der Waals surface area contributed by atoms with Gasteiger partial charge in [-0.3, -0.25) is 4.79 Å². The van der Waals surface area contributed by atoms with Gasteiger partial charge in [-0.2, -0.15) is 0 Å². The first kappa shape index (κ1) is 26.6. The van der Waals surface area contributed by atoms with Crippen LogP contribution in [0.2, 0.25) is 0 Å². The number of benzene rings is 4. The molecule has 0 aliphatic carbocycles. The van der Waals surface area contributed by atoms with Crippen LogP contribution in [0.4, 0.5) is 10.1 Å². The maximum atomic E-state index is 13.8. The molecule has 1 aliphatic rings. The van der Waals surface area contributed by atoms with Crippen LogP contribution in [0.5, 0.6) is 0 Å². The summed E-state index contributed by atoms with van der Waals surface area (Å²) < 4.78 is 13.8. The van der Waals surface area contributed by atoms with Crippen molar-refractivity contribution in [2.45, 2.75) is 32.9 Å². The summed E-state index contributed by atoms with van der Waals surface area (Å²) in [6.45, 7) is 3.53. The molecule has 39 heavy (non-hydrogen) atoms. The van der Waals surface area contributed by atoms with E-state index in [-0.39, 0.29) is 23.8 Å². The SMILES string of the molecule is Cc1ccc(CNC(=O)c2ccc3c(c2)CCCN3Cc2cc(-c3ccccc3C(=O)O)ccc2P)cc1F. The Labute approximate surface area is 229 Å². The second-order valence-corrected chi connectivity index (χ2v) is 10.5. The second-order valence-electron chi connectivity index (χ2n) is 9.90. The molecule has 0 aromatic heterocycles. The Morgan fingerprint density at radius 1 is 1.03 bits per heavy atom. The number of carbonyl (C=O) groups is 2. The number of aromatic carboxylic acids is 1. The van der Waals surface area contributed by atoms with E-state index in [1.165, 1.54) is 6.07 Å². The number of carbonyl (C=O) groups excluding carboxylic acids is 1. The molecule has 7 heteroatoms. The van der Waals surface area contributed by atoms with Crippen LogP contribution in [-0.4, -0.2) is 23.5 Å². The molecule has 0 fully saturated rings. The van der Waals surface area contributed by atoms with E-state index >= 15 is 0 Å². The lowest BCUT2D eigenvalue weighted by Gasteiger charge is -2.32. The zero-order valence-electron chi connectivity index (χ0n) is 21.7. The standard InChI is InChI=1S/C32H30FN2O3P/c1-20-8-9-21(15-28(20)33)18-34-31(36)24-10-12-29-23(17-24)5-4-14-35(29)19-25-16-22(11-13-30(25)39)26-6-2-3-7-27(26)32(37)38/h2-3,6-13,15-17H,4-5,14,18-19,39H2,1H3,(H,34,36)(H,37,38). The number of amides is 1. The first-order valence-corrected chi connectivity index (χ1v) is 13.5. The predicted octanol–water partition coefficient (Wildman–Crippen LogP) is 5.88. The minimum Gasteiger partial charge on any atom is -0.478 e. The molecule has 0 saturated carbocycles. The molecule has 1 amide bonds. The highest BCUT2D eigenvalue weighted by Gasteiger charge is 2.20. The quantitative estimate of drug-likeness (QED) is 0.287. The molecule has 0 spiro atoms. The summed E-state index contributed by atoms with van der Waals surface area (Å²) in [5, 5.41) is 13.6. The molecule has 5 rings (SSSR count). The third kappa shape index (κ3) is 5.86. The normalized spacial score (nSPS) is 12.6. The van der Waals surface area contributed by atoms with Crippen LogP contribution in [0.25, 0.3) is 11.1 Å². The van der Waals surface area contributed by atoms with Crippen LogP contribution in [0.1, 0.15) is 49.4 Å². The van der Waals surface area contributed by atoms with Gasteiger partial charge in [-0.05, 0) is 94.8 Å². The van der Waals surface area contributed by atoms with Crippen molar-refractivity contribution in [2.24, 2.45) is 0 Å². The number of rotatable bonds is 7. The van der Waals surface area contributed by atoms with Crippen LogP contribution < -0.4 is 15.5 Å². The summed E-state index contributed by atoms with van der Waals surface area (Å²) in [4.78, 5) is 26.9. The zero-order chi connectivity index (χ0) is 27.5. The molecule has 0 saturated heterocycles. The summed E-state index contributed by atoms with van der Waals surface area (Å²) in [6, 6.07) is 23.8. The summed E-state index contributed by atoms with van der Waals surface area (Å²) in [5.41, 5.74) is 7.03. The minimum absolute atomic E-state index is 0.187. The number of fused-ring (bicyclic) bond motifs is 1. The van der Waals surface area contributed by atoms with Crippen molar-refractivity contribution in [2.75, 3.05) is 11.4 Å². The number of nitrogens with one attached hydrogen (secondary N) is 1. The Morgan fingerprint density at radius 2 is 1.85 bits per heavy atom. The van der Waals surface area contributed by atoms with Gasteiger partial charge in [0.2, 0.25) is 0 Å². The summed E-state index contributed by atoms with van der Waals surface area (Å²) >= 11 is 0. The maximum absolute atomic E-state index is 13.8. The zero-order valence-corrected chi connectivity index (χ0v) is 22.9. The average molecular weight is 541 g/mol. The monoisotopic (exact) mass is 540 g/mol. The summed E-state index contributed by atoms with van der Waals surface area (Å²) in [7, 11) is 2.78. The molecule has 0 radical (unpaired) electrons. The maximum Gasteiger partial charge on any atom is 0.336 e. The highest BCUT2D eigenvalue weighted by atomic mass is 31.0. The fraction of sp³-hybridized carbons (Fsp3) is 0.188. The highest BCUT2D eigenvalue weighted by Crippen LogP contribution is 2.31. The molecule has 2 N–H and O–H groups in total. The molecule has 0 bridgehead atoms. The Hall–Kier alpha value is -4.02. The Bertz CT molecular complexity index is 1570. The number of nitrogens with zero attached hydrogens (tertiary/aromatic N) is 1. The van der Waals surface area contributed by atoms with Gasteiger partial charge in [0.25, 0.3) is 5.91 Å². The van der Waals surface area contributed by atoms with Gasteiger partial charge in [0, 0.05) is 30.9 Å². The van der Waals surface area contributed by atoms with Gasteiger partial charge in [0.1, 0.15) is 5.82 Å². The Balaban J connectivity index is 1.34. The van der Waals surface area contributed by atoms with E-state index in [1.807, 2.05) is 48.5 Å². The van der Waals surface area contributed by atoms with Gasteiger partial charge in [0.15, 0.2) is 0 Å². The fourth-order valence-corrected chi connectivity index (χ4v) is 5.32. The van der Waals surface area contributed by atoms with E-state index in [0.29, 0.717) is 23.2 Å². The van der Waals surface area contributed by atoms with E-state index in [9.17, 15) is 19.1 Å². The molecule has 198 valence electrons. The predicted molar refractivity (Wildman–Crippen MR) is 156 cm³/mol. The largest absolute Gasteiger partial charge is 0.478 e. The van der Waals surface area contributed by atoms with Crippen LogP contribution in [0.15, 0.2) is 78.9 Å². The molecular weight excluding hydrogens is 510 g/mol. The number of hydrogen-bond donors (Lipinski definition) is 2. The van der Waals surface area contributed by atoms with E-state index in [4.69, 9.17) is 0 Å². The van der Waals surface area contributed by atoms with Gasteiger partial charge in [-0.15, -0.1) is 9.24 Å². The number of aryl methyl sites for hydroxylation is 2. The first-order chi connectivity index (χ1) is 18.8. The van der Waals surface area contributed by atoms with Gasteiger partial charge >= 0.3 is 5.97 Å². The second kappa shape index (κ2) is 11.4. The Kier molecular flexibility index (Phi) is 7.76. The van der Waals surface area contributed by atoms with E-state index in [0.717, 1.165) is 52.6 Å². The van der Waals surface area contributed by atoms with Gasteiger partial charge in [0.05, 0.1) is 5.56 Å². The van der Waals surface area contributed by atoms with Crippen molar-refractivity contribution in [3.05, 3.63) is 118 Å². The van der Waals surface area contributed by atoms with Crippen molar-refractivity contribution in [1.82, 2.24) is 5.32 Å². The number of carboxylic acid groups (broad SMARTS) is 1. The highest BCUT2D eigenvalue weighted by molar-refractivity contribution is 7.27. The lowest BCUT2D eigenvalue weighted by molar-refractivity contribution is 0.0697. The van der Waals surface area contributed by atoms with E-state index in [1.54, 1.807) is 25.1 Å². The van der Waals surface area contributed by atoms with Crippen LogP contribution in [0, 0.1) is 12.7 Å². The fourth-order valence-electron chi connectivity index (χ4n) is 5.05. The topological polar surface area (TPSA) is 69.6 Å². The number of halogens is 1. The van der Waals surface area contributed by atoms with Crippen LogP contribution in [0.3, 0.4) is 0 Å². The van der Waals surface area contributed by atoms with E-state index in [2.05, 4.69) is 25.5 Å². The third-order valence-corrected chi connectivity index (χ3v) is 7.78. The summed E-state index contributed by atoms with van der Waals surface area (Å²) in [6.07, 6.45) is 1.85. The molecule has 1 atom stereocenters. The molecule has 4 aromatic carbocycles. The van der Waals surface area contributed by atoms with Crippen molar-refractivity contribution >= 4 is 32.1 Å². The minimum atomic E-state index is -0.946. The molecule has 5 nitrogen and oxygen atoms in total. The molecule has 1 unspecified atom stereocenters. The first-order valence-electron chi connectivity index (χ1n) is 12.9. The lowest BCUT2D eigenvalue weighted by Crippen LogP contribution is -2.31. The van der Waals surface area contributed by atoms with Gasteiger partial charge < -0.3 is 15.3 Å². The third-order valence-electron chi connectivity index (χ3n) is 7.22. The van der Waals surface area contributed by atoms with Crippen molar-refractivity contribution in [3.63, 3.8) is 0 Å². The molecule has 1 aliphatic heterocycles. The van der Waals surface area contributed by atoms with Crippen molar-refractivity contribution in [1.29, 1.82) is 0 Å². The Morgan fingerprint density at radius 3 is 2.64 bits per heavy atom. The number of hydrogen-bond acceptors (Lipinski definition) is 3. The number of anilines is 1. The average Bonchev–Trinajstić information content (AvgIpc) is 2.94. The van der Waals surface area contributed by atoms with Crippen LogP contribution in [-0.2, 0) is 19.5 Å². The van der Waals surface area contributed by atoms with Crippen LogP contribution >= 0.6 is 9.24 Å².